The van der Waals surface area contributed by atoms with Crippen molar-refractivity contribution in [2.75, 3.05) is 11.4 Å². The number of pyridine rings is 1. The Balaban J connectivity index is 1.92. The van der Waals surface area contributed by atoms with Gasteiger partial charge in [0.25, 0.3) is 11.5 Å². The standard InChI is InChI=1S/C24H21N3O3/c1-15(2)14-26(24(29)20-12-7-13-30-20)21-16-8-3-4-9-17(16)23(28)27-19-11-6-5-10-18(19)25-22(21)27/h3-13,15,25H,14H2,1-2H3. The summed E-state index contributed by atoms with van der Waals surface area (Å²) in [5, 5.41) is 1.30. The van der Waals surface area contributed by atoms with Gasteiger partial charge in [0.15, 0.2) is 5.76 Å². The number of benzene rings is 2. The number of hydrogen-bond acceptors (Lipinski definition) is 3. The number of para-hydroxylation sites is 2. The molecule has 1 amide bonds. The Bertz CT molecular complexity index is 1440. The van der Waals surface area contributed by atoms with Gasteiger partial charge in [-0.1, -0.05) is 44.2 Å². The molecule has 5 rings (SSSR count). The van der Waals surface area contributed by atoms with Crippen molar-refractivity contribution in [2.45, 2.75) is 13.8 Å². The van der Waals surface area contributed by atoms with E-state index >= 15 is 0 Å². The lowest BCUT2D eigenvalue weighted by Gasteiger charge is -2.25. The van der Waals surface area contributed by atoms with Crippen LogP contribution in [0.5, 0.6) is 0 Å². The van der Waals surface area contributed by atoms with E-state index in [2.05, 4.69) is 18.8 Å². The van der Waals surface area contributed by atoms with Gasteiger partial charge in [0.05, 0.1) is 23.0 Å². The van der Waals surface area contributed by atoms with Crippen LogP contribution in [0.25, 0.3) is 27.5 Å². The highest BCUT2D eigenvalue weighted by molar-refractivity contribution is 6.13. The van der Waals surface area contributed by atoms with E-state index < -0.39 is 0 Å². The number of nitrogens with one attached hydrogen (secondary N) is 1. The fraction of sp³-hybridized carbons (Fsp3) is 0.167. The van der Waals surface area contributed by atoms with Crippen LogP contribution in [0, 0.1) is 5.92 Å². The number of fused-ring (bicyclic) bond motifs is 4. The van der Waals surface area contributed by atoms with Gasteiger partial charge in [0.1, 0.15) is 5.65 Å². The van der Waals surface area contributed by atoms with Crippen molar-refractivity contribution in [1.29, 1.82) is 0 Å². The Morgan fingerprint density at radius 1 is 1.03 bits per heavy atom. The van der Waals surface area contributed by atoms with Crippen LogP contribution < -0.4 is 10.5 Å². The van der Waals surface area contributed by atoms with Crippen LogP contribution >= 0.6 is 0 Å². The molecule has 0 radical (unpaired) electrons. The number of carbonyl (C=O) groups excluding carboxylic acids is 1. The van der Waals surface area contributed by atoms with Crippen LogP contribution in [0.3, 0.4) is 0 Å². The van der Waals surface area contributed by atoms with E-state index in [0.717, 1.165) is 16.4 Å². The monoisotopic (exact) mass is 399 g/mol. The zero-order valence-corrected chi connectivity index (χ0v) is 16.8. The predicted octanol–water partition coefficient (Wildman–Crippen LogP) is 4.83. The summed E-state index contributed by atoms with van der Waals surface area (Å²) in [7, 11) is 0. The number of H-pyrrole nitrogens is 1. The highest BCUT2D eigenvalue weighted by atomic mass is 16.3. The second-order valence-corrected chi connectivity index (χ2v) is 7.81. The quantitative estimate of drug-likeness (QED) is 0.471. The van der Waals surface area contributed by atoms with Crippen LogP contribution in [0.4, 0.5) is 5.69 Å². The molecule has 0 spiro atoms. The lowest BCUT2D eigenvalue weighted by Crippen LogP contribution is -2.35. The molecule has 150 valence electrons. The molecule has 3 aromatic heterocycles. The molecule has 0 aliphatic heterocycles. The lowest BCUT2D eigenvalue weighted by molar-refractivity contribution is 0.0957. The van der Waals surface area contributed by atoms with Crippen molar-refractivity contribution in [2.24, 2.45) is 5.92 Å². The molecule has 0 atom stereocenters. The molecule has 0 aliphatic carbocycles. The van der Waals surface area contributed by atoms with Crippen LogP contribution in [0.15, 0.2) is 76.1 Å². The van der Waals surface area contributed by atoms with Crippen LogP contribution in [0.1, 0.15) is 24.4 Å². The number of aromatic amines is 1. The first kappa shape index (κ1) is 18.2. The molecule has 0 unspecified atom stereocenters. The van der Waals surface area contributed by atoms with E-state index in [1.165, 1.54) is 6.26 Å². The molecule has 30 heavy (non-hydrogen) atoms. The average Bonchev–Trinajstić information content (AvgIpc) is 3.40. The molecule has 3 heterocycles. The van der Waals surface area contributed by atoms with Gasteiger partial charge in [-0.15, -0.1) is 0 Å². The minimum atomic E-state index is -0.238. The van der Waals surface area contributed by atoms with Crippen LogP contribution in [-0.2, 0) is 0 Å². The molecule has 0 aliphatic rings. The van der Waals surface area contributed by atoms with Crippen molar-refractivity contribution >= 4 is 39.0 Å². The number of carbonyl (C=O) groups is 1. The zero-order chi connectivity index (χ0) is 20.8. The molecule has 0 fully saturated rings. The number of nitrogens with zero attached hydrogens (tertiary/aromatic N) is 2. The SMILES string of the molecule is CC(C)CN(C(=O)c1ccco1)c1c2ccccc2c(=O)n2c1[nH]c1ccccc12. The number of furan rings is 1. The minimum Gasteiger partial charge on any atom is -0.459 e. The lowest BCUT2D eigenvalue weighted by atomic mass is 10.1. The summed E-state index contributed by atoms with van der Waals surface area (Å²) in [6.45, 7) is 4.59. The molecular formula is C24H21N3O3. The highest BCUT2D eigenvalue weighted by Crippen LogP contribution is 2.33. The first-order valence-electron chi connectivity index (χ1n) is 9.96. The molecular weight excluding hydrogens is 378 g/mol. The van der Waals surface area contributed by atoms with E-state index in [0.29, 0.717) is 23.3 Å². The van der Waals surface area contributed by atoms with Gasteiger partial charge in [-0.05, 0) is 36.2 Å². The smallest absolute Gasteiger partial charge is 0.294 e. The summed E-state index contributed by atoms with van der Waals surface area (Å²) in [4.78, 5) is 31.9. The molecule has 1 N–H and O–H groups in total. The third-order valence-corrected chi connectivity index (χ3v) is 5.26. The van der Waals surface area contributed by atoms with Gasteiger partial charge in [-0.25, -0.2) is 0 Å². The van der Waals surface area contributed by atoms with Crippen molar-refractivity contribution in [3.63, 3.8) is 0 Å². The zero-order valence-electron chi connectivity index (χ0n) is 16.8. The summed E-state index contributed by atoms with van der Waals surface area (Å²) < 4.78 is 7.08. The van der Waals surface area contributed by atoms with E-state index in [1.807, 2.05) is 42.5 Å². The van der Waals surface area contributed by atoms with Gasteiger partial charge in [-0.3, -0.25) is 14.0 Å². The minimum absolute atomic E-state index is 0.114. The third kappa shape index (κ3) is 2.72. The van der Waals surface area contributed by atoms with Gasteiger partial charge in [0.2, 0.25) is 0 Å². The van der Waals surface area contributed by atoms with E-state index in [-0.39, 0.29) is 23.1 Å². The topological polar surface area (TPSA) is 70.7 Å². The van der Waals surface area contributed by atoms with Gasteiger partial charge >= 0.3 is 0 Å². The summed E-state index contributed by atoms with van der Waals surface area (Å²) in [6, 6.07) is 18.4. The number of imidazole rings is 1. The molecule has 6 heteroatoms. The summed E-state index contributed by atoms with van der Waals surface area (Å²) >= 11 is 0. The fourth-order valence-corrected chi connectivity index (χ4v) is 4.03. The maximum Gasteiger partial charge on any atom is 0.294 e. The number of amides is 1. The fourth-order valence-electron chi connectivity index (χ4n) is 4.03. The highest BCUT2D eigenvalue weighted by Gasteiger charge is 2.27. The Morgan fingerprint density at radius 2 is 1.77 bits per heavy atom. The molecule has 0 bridgehead atoms. The molecule has 2 aromatic carbocycles. The third-order valence-electron chi connectivity index (χ3n) is 5.26. The summed E-state index contributed by atoms with van der Waals surface area (Å²) in [5.41, 5.74) is 2.77. The Morgan fingerprint density at radius 3 is 2.50 bits per heavy atom. The Hall–Kier alpha value is -3.80. The van der Waals surface area contributed by atoms with Crippen molar-refractivity contribution in [3.8, 4) is 0 Å². The second-order valence-electron chi connectivity index (χ2n) is 7.81. The van der Waals surface area contributed by atoms with Crippen molar-refractivity contribution in [1.82, 2.24) is 9.38 Å². The van der Waals surface area contributed by atoms with Gasteiger partial charge in [-0.2, -0.15) is 0 Å². The first-order valence-corrected chi connectivity index (χ1v) is 9.96. The maximum absolute atomic E-state index is 13.5. The van der Waals surface area contributed by atoms with Crippen LogP contribution in [0.2, 0.25) is 0 Å². The van der Waals surface area contributed by atoms with Crippen molar-refractivity contribution < 1.29 is 9.21 Å². The maximum atomic E-state index is 13.5. The Labute approximate surface area is 172 Å². The van der Waals surface area contributed by atoms with Gasteiger partial charge in [0, 0.05) is 17.3 Å². The molecule has 6 nitrogen and oxygen atoms in total. The number of rotatable bonds is 4. The normalized spacial score (nSPS) is 11.7. The average molecular weight is 399 g/mol. The summed E-state index contributed by atoms with van der Waals surface area (Å²) in [5.74, 6) is 0.234. The van der Waals surface area contributed by atoms with Gasteiger partial charge < -0.3 is 14.3 Å². The number of anilines is 1. The number of aromatic nitrogens is 2. The molecule has 0 saturated heterocycles. The Kier molecular flexibility index (Phi) is 4.20. The first-order chi connectivity index (χ1) is 14.6. The van der Waals surface area contributed by atoms with E-state index in [9.17, 15) is 9.59 Å². The van der Waals surface area contributed by atoms with Crippen molar-refractivity contribution in [3.05, 3.63) is 83.0 Å². The second kappa shape index (κ2) is 6.91. The summed E-state index contributed by atoms with van der Waals surface area (Å²) in [6.07, 6.45) is 1.49. The largest absolute Gasteiger partial charge is 0.459 e. The number of hydrogen-bond donors (Lipinski definition) is 1. The molecule has 5 aromatic rings. The van der Waals surface area contributed by atoms with E-state index in [1.54, 1.807) is 27.5 Å². The predicted molar refractivity (Wildman–Crippen MR) is 118 cm³/mol. The van der Waals surface area contributed by atoms with E-state index in [4.69, 9.17) is 4.42 Å². The van der Waals surface area contributed by atoms with Crippen LogP contribution in [-0.4, -0.2) is 21.8 Å². The molecule has 0 saturated carbocycles.